The first kappa shape index (κ1) is 17.5. The summed E-state index contributed by atoms with van der Waals surface area (Å²) in [6, 6.07) is 0. The van der Waals surface area contributed by atoms with Gasteiger partial charge in [-0.15, -0.1) is 0 Å². The topological polar surface area (TPSA) is 174 Å². The van der Waals surface area contributed by atoms with Crippen LogP contribution in [0.5, 0.6) is 0 Å². The van der Waals surface area contributed by atoms with Gasteiger partial charge in [-0.3, -0.25) is 9.36 Å². The number of ketones is 1. The molecular formula is C15H17N7O5. The van der Waals surface area contributed by atoms with E-state index in [0.29, 0.717) is 5.56 Å². The van der Waals surface area contributed by atoms with Gasteiger partial charge < -0.3 is 25.8 Å². The third-order valence-electron chi connectivity index (χ3n) is 4.42. The number of anilines is 1. The molecule has 12 nitrogen and oxygen atoms in total. The SMILES string of the molecule is CC(=O)c1cnn(-c2nc(N)c3ncn(C4O[C@H](CO)[C@@H](O)[C@H]4O)c3n2)c1. The smallest absolute Gasteiger partial charge is 0.254 e. The van der Waals surface area contributed by atoms with Gasteiger partial charge in [0.1, 0.15) is 23.8 Å². The number of rotatable bonds is 4. The normalized spacial score (nSPS) is 25.3. The Bertz CT molecular complexity index is 1020. The quantitative estimate of drug-likeness (QED) is 0.389. The number of carbonyl (C=O) groups excluding carboxylic acids is 1. The zero-order valence-electron chi connectivity index (χ0n) is 14.2. The van der Waals surface area contributed by atoms with E-state index >= 15 is 0 Å². The van der Waals surface area contributed by atoms with Crippen molar-refractivity contribution in [2.24, 2.45) is 0 Å². The first-order valence-corrected chi connectivity index (χ1v) is 8.09. The Morgan fingerprint density at radius 2 is 2.11 bits per heavy atom. The zero-order chi connectivity index (χ0) is 19.3. The summed E-state index contributed by atoms with van der Waals surface area (Å²) in [5, 5.41) is 33.5. The summed E-state index contributed by atoms with van der Waals surface area (Å²) in [5.74, 6) is 0.00761. The van der Waals surface area contributed by atoms with Crippen LogP contribution in [-0.4, -0.2) is 75.3 Å². The minimum atomic E-state index is -1.30. The second-order valence-electron chi connectivity index (χ2n) is 6.19. The lowest BCUT2D eigenvalue weighted by molar-refractivity contribution is -0.0511. The number of nitrogen functional groups attached to an aromatic ring is 1. The molecule has 0 aliphatic carbocycles. The molecule has 0 amide bonds. The molecule has 27 heavy (non-hydrogen) atoms. The Morgan fingerprint density at radius 1 is 1.33 bits per heavy atom. The number of hydrogen-bond donors (Lipinski definition) is 4. The van der Waals surface area contributed by atoms with Crippen molar-refractivity contribution in [1.82, 2.24) is 29.3 Å². The van der Waals surface area contributed by atoms with Gasteiger partial charge in [0.2, 0.25) is 0 Å². The maximum absolute atomic E-state index is 11.5. The van der Waals surface area contributed by atoms with Crippen molar-refractivity contribution in [3.05, 3.63) is 24.3 Å². The van der Waals surface area contributed by atoms with Crippen LogP contribution in [-0.2, 0) is 4.74 Å². The van der Waals surface area contributed by atoms with Gasteiger partial charge in [0.15, 0.2) is 23.5 Å². The lowest BCUT2D eigenvalue weighted by Gasteiger charge is -2.16. The minimum absolute atomic E-state index is 0.0698. The molecule has 1 aliphatic rings. The van der Waals surface area contributed by atoms with Crippen LogP contribution in [0.2, 0.25) is 0 Å². The van der Waals surface area contributed by atoms with Gasteiger partial charge in [-0.1, -0.05) is 0 Å². The maximum Gasteiger partial charge on any atom is 0.254 e. The Kier molecular flexibility index (Phi) is 4.11. The molecule has 142 valence electrons. The number of carbonyl (C=O) groups is 1. The average Bonchev–Trinajstić information content (AvgIpc) is 3.34. The van der Waals surface area contributed by atoms with Gasteiger partial charge in [0, 0.05) is 6.20 Å². The Hall–Kier alpha value is -2.93. The number of imidazole rings is 1. The molecule has 1 unspecified atom stereocenters. The van der Waals surface area contributed by atoms with Crippen molar-refractivity contribution >= 4 is 22.8 Å². The van der Waals surface area contributed by atoms with Crippen molar-refractivity contribution in [3.63, 3.8) is 0 Å². The van der Waals surface area contributed by atoms with Crippen LogP contribution in [0.3, 0.4) is 0 Å². The Labute approximate surface area is 151 Å². The molecule has 4 atom stereocenters. The molecule has 5 N–H and O–H groups in total. The van der Waals surface area contributed by atoms with Crippen molar-refractivity contribution in [2.45, 2.75) is 31.5 Å². The average molecular weight is 375 g/mol. The number of Topliss-reactive ketones (excluding diaryl/α,β-unsaturated/α-hetero) is 1. The number of aliphatic hydroxyl groups excluding tert-OH is 3. The summed E-state index contributed by atoms with van der Waals surface area (Å²) in [5.41, 5.74) is 6.86. The third-order valence-corrected chi connectivity index (χ3v) is 4.42. The van der Waals surface area contributed by atoms with E-state index in [0.717, 1.165) is 0 Å². The maximum atomic E-state index is 11.5. The van der Waals surface area contributed by atoms with Gasteiger partial charge >= 0.3 is 0 Å². The van der Waals surface area contributed by atoms with Gasteiger partial charge in [0.05, 0.1) is 24.7 Å². The van der Waals surface area contributed by atoms with Gasteiger partial charge in [0.25, 0.3) is 5.95 Å². The summed E-state index contributed by atoms with van der Waals surface area (Å²) in [4.78, 5) is 24.1. The summed E-state index contributed by atoms with van der Waals surface area (Å²) < 4.78 is 8.20. The first-order chi connectivity index (χ1) is 12.9. The molecule has 1 saturated heterocycles. The van der Waals surface area contributed by atoms with Crippen molar-refractivity contribution in [1.29, 1.82) is 0 Å². The van der Waals surface area contributed by atoms with Crippen LogP contribution >= 0.6 is 0 Å². The van der Waals surface area contributed by atoms with E-state index in [1.54, 1.807) is 0 Å². The summed E-state index contributed by atoms with van der Waals surface area (Å²) in [7, 11) is 0. The Morgan fingerprint density at radius 3 is 2.74 bits per heavy atom. The molecule has 1 aliphatic heterocycles. The number of aromatic nitrogens is 6. The van der Waals surface area contributed by atoms with Crippen LogP contribution in [0.25, 0.3) is 17.1 Å². The summed E-state index contributed by atoms with van der Waals surface area (Å²) in [6.45, 7) is 0.960. The number of ether oxygens (including phenoxy) is 1. The first-order valence-electron chi connectivity index (χ1n) is 8.09. The summed E-state index contributed by atoms with van der Waals surface area (Å²) >= 11 is 0. The van der Waals surface area contributed by atoms with Crippen LogP contribution < -0.4 is 5.73 Å². The van der Waals surface area contributed by atoms with E-state index in [-0.39, 0.29) is 28.7 Å². The minimum Gasteiger partial charge on any atom is -0.394 e. The highest BCUT2D eigenvalue weighted by Gasteiger charge is 2.44. The van der Waals surface area contributed by atoms with Crippen LogP contribution in [0.15, 0.2) is 18.7 Å². The van der Waals surface area contributed by atoms with Crippen molar-refractivity contribution in [3.8, 4) is 5.95 Å². The largest absolute Gasteiger partial charge is 0.394 e. The molecule has 4 heterocycles. The number of aliphatic hydroxyl groups is 3. The molecular weight excluding hydrogens is 358 g/mol. The van der Waals surface area contributed by atoms with Gasteiger partial charge in [-0.05, 0) is 6.92 Å². The number of hydrogen-bond acceptors (Lipinski definition) is 10. The molecule has 0 spiro atoms. The van der Waals surface area contributed by atoms with Crippen molar-refractivity contribution < 1.29 is 24.9 Å². The van der Waals surface area contributed by atoms with Crippen molar-refractivity contribution in [2.75, 3.05) is 12.3 Å². The molecule has 4 rings (SSSR count). The third kappa shape index (κ3) is 2.75. The lowest BCUT2D eigenvalue weighted by Crippen LogP contribution is -2.33. The second kappa shape index (κ2) is 6.35. The van der Waals surface area contributed by atoms with Gasteiger partial charge in [-0.2, -0.15) is 15.1 Å². The highest BCUT2D eigenvalue weighted by molar-refractivity contribution is 5.93. The highest BCUT2D eigenvalue weighted by Crippen LogP contribution is 2.32. The van der Waals surface area contributed by atoms with E-state index < -0.39 is 31.1 Å². The molecule has 12 heteroatoms. The van der Waals surface area contributed by atoms with E-state index in [1.807, 2.05) is 0 Å². The van der Waals surface area contributed by atoms with E-state index in [4.69, 9.17) is 10.5 Å². The van der Waals surface area contributed by atoms with Gasteiger partial charge in [-0.25, -0.2) is 9.67 Å². The fourth-order valence-electron chi connectivity index (χ4n) is 2.94. The number of fused-ring (bicyclic) bond motifs is 1. The van der Waals surface area contributed by atoms with E-state index in [1.165, 1.54) is 34.9 Å². The second-order valence-corrected chi connectivity index (χ2v) is 6.19. The molecule has 3 aromatic heterocycles. The predicted octanol–water partition coefficient (Wildman–Crippen LogP) is -1.59. The van der Waals surface area contributed by atoms with Crippen LogP contribution in [0.1, 0.15) is 23.5 Å². The standard InChI is InChI=1S/C15H17N7O5/c1-6(24)7-2-18-22(3-7)15-19-12(16)9-13(20-15)21(5-17-9)14-11(26)10(25)8(4-23)27-14/h2-3,5,8,10-11,14,23,25-26H,4H2,1H3,(H2,16,19,20)/t8-,10-,11-,14?/m1/s1. The number of nitrogens with zero attached hydrogens (tertiary/aromatic N) is 6. The molecule has 0 bridgehead atoms. The molecule has 0 radical (unpaired) electrons. The van der Waals surface area contributed by atoms with E-state index in [9.17, 15) is 20.1 Å². The molecule has 1 fully saturated rings. The fraction of sp³-hybridized carbons (Fsp3) is 0.400. The Balaban J connectivity index is 1.80. The molecule has 0 aromatic carbocycles. The van der Waals surface area contributed by atoms with Crippen LogP contribution in [0, 0.1) is 0 Å². The zero-order valence-corrected chi connectivity index (χ0v) is 14.2. The number of nitrogens with two attached hydrogens (primary N) is 1. The molecule has 3 aromatic rings. The summed E-state index contributed by atoms with van der Waals surface area (Å²) in [6.07, 6.45) is -0.316. The molecule has 0 saturated carbocycles. The monoisotopic (exact) mass is 375 g/mol. The van der Waals surface area contributed by atoms with Crippen LogP contribution in [0.4, 0.5) is 5.82 Å². The highest BCUT2D eigenvalue weighted by atomic mass is 16.6. The van der Waals surface area contributed by atoms with E-state index in [2.05, 4.69) is 20.1 Å². The fourth-order valence-corrected chi connectivity index (χ4v) is 2.94. The lowest BCUT2D eigenvalue weighted by atomic mass is 10.1. The predicted molar refractivity (Wildman–Crippen MR) is 89.9 cm³/mol.